The lowest BCUT2D eigenvalue weighted by molar-refractivity contribution is 0.191. The van der Waals surface area contributed by atoms with Crippen molar-refractivity contribution in [3.63, 3.8) is 0 Å². The van der Waals surface area contributed by atoms with Crippen LogP contribution in [0.3, 0.4) is 0 Å². The summed E-state index contributed by atoms with van der Waals surface area (Å²) < 4.78 is 8.25. The molecule has 0 amide bonds. The second-order valence-corrected chi connectivity index (χ2v) is 4.96. The third-order valence-corrected chi connectivity index (χ3v) is 3.59. The minimum Gasteiger partial charge on any atom is -0.476 e. The monoisotopic (exact) mass is 274 g/mol. The molecule has 2 aromatic carbocycles. The van der Waals surface area contributed by atoms with E-state index >= 15 is 0 Å². The van der Waals surface area contributed by atoms with E-state index in [1.54, 1.807) is 6.20 Å². The van der Waals surface area contributed by atoms with Gasteiger partial charge in [-0.2, -0.15) is 0 Å². The first-order valence-electron chi connectivity index (χ1n) is 6.93. The molecule has 0 spiro atoms. The van der Waals surface area contributed by atoms with Crippen molar-refractivity contribution >= 4 is 12.0 Å². The highest BCUT2D eigenvalue weighted by Crippen LogP contribution is 2.35. The Hall–Kier alpha value is -2.81. The van der Waals surface area contributed by atoms with Crippen LogP contribution in [0, 0.1) is 0 Å². The molecular formula is C18H14N2O. The Balaban J connectivity index is 1.81. The third-order valence-electron chi connectivity index (χ3n) is 3.59. The quantitative estimate of drug-likeness (QED) is 0.707. The van der Waals surface area contributed by atoms with Gasteiger partial charge < -0.3 is 9.30 Å². The van der Waals surface area contributed by atoms with Crippen LogP contribution in [0.1, 0.15) is 23.1 Å². The fraction of sp³-hybridized carbons (Fsp3) is 0.0556. The summed E-state index contributed by atoms with van der Waals surface area (Å²) in [6.45, 7) is 0. The molecule has 4 rings (SSSR count). The lowest BCUT2D eigenvalue weighted by Crippen LogP contribution is -2.15. The van der Waals surface area contributed by atoms with Crippen molar-refractivity contribution in [1.29, 1.82) is 0 Å². The van der Waals surface area contributed by atoms with Gasteiger partial charge in [-0.05, 0) is 0 Å². The molecule has 1 unspecified atom stereocenters. The number of benzene rings is 2. The molecule has 0 saturated heterocycles. The molecule has 0 bridgehead atoms. The van der Waals surface area contributed by atoms with Gasteiger partial charge in [0.15, 0.2) is 11.9 Å². The molecule has 1 aliphatic rings. The fourth-order valence-corrected chi connectivity index (χ4v) is 2.56. The zero-order chi connectivity index (χ0) is 14.1. The zero-order valence-corrected chi connectivity index (χ0v) is 11.4. The molecule has 0 radical (unpaired) electrons. The van der Waals surface area contributed by atoms with Gasteiger partial charge in [0.2, 0.25) is 0 Å². The van der Waals surface area contributed by atoms with Gasteiger partial charge in [0.1, 0.15) is 5.76 Å². The van der Waals surface area contributed by atoms with Crippen LogP contribution in [-0.2, 0) is 4.74 Å². The lowest BCUT2D eigenvalue weighted by atomic mass is 10.1. The van der Waals surface area contributed by atoms with E-state index in [9.17, 15) is 0 Å². The van der Waals surface area contributed by atoms with Crippen LogP contribution in [0.2, 0.25) is 0 Å². The van der Waals surface area contributed by atoms with Gasteiger partial charge in [-0.3, -0.25) is 0 Å². The van der Waals surface area contributed by atoms with Gasteiger partial charge in [0, 0.05) is 23.5 Å². The van der Waals surface area contributed by atoms with Crippen LogP contribution < -0.4 is 0 Å². The largest absolute Gasteiger partial charge is 0.476 e. The minimum atomic E-state index is -0.179. The maximum Gasteiger partial charge on any atom is 0.182 e. The van der Waals surface area contributed by atoms with Crippen molar-refractivity contribution in [3.8, 4) is 0 Å². The standard InChI is InChI=1S/C18H14N2O/c1-3-7-14(8-4-1)16-13-20-12-11-19-18(20)17(21-16)15-9-5-2-6-10-15/h1-13,17H. The van der Waals surface area contributed by atoms with Crippen LogP contribution >= 0.6 is 0 Å². The molecule has 0 fully saturated rings. The zero-order valence-electron chi connectivity index (χ0n) is 11.4. The lowest BCUT2D eigenvalue weighted by Gasteiger charge is -2.25. The highest BCUT2D eigenvalue weighted by atomic mass is 16.5. The van der Waals surface area contributed by atoms with Crippen LogP contribution in [-0.4, -0.2) is 9.55 Å². The minimum absolute atomic E-state index is 0.179. The SMILES string of the molecule is C1=C(c2ccccc2)OC(c2ccccc2)c2nccn21. The normalized spacial score (nSPS) is 16.8. The number of ether oxygens (including phenoxy) is 1. The first-order chi connectivity index (χ1) is 10.4. The van der Waals surface area contributed by atoms with E-state index in [1.807, 2.05) is 53.4 Å². The summed E-state index contributed by atoms with van der Waals surface area (Å²) in [5, 5.41) is 0. The maximum atomic E-state index is 6.22. The number of fused-ring (bicyclic) bond motifs is 1. The van der Waals surface area contributed by atoms with E-state index in [0.29, 0.717) is 0 Å². The molecule has 0 saturated carbocycles. The van der Waals surface area contributed by atoms with Gasteiger partial charge in [-0.1, -0.05) is 60.7 Å². The van der Waals surface area contributed by atoms with Gasteiger partial charge in [-0.15, -0.1) is 0 Å². The van der Waals surface area contributed by atoms with Crippen molar-refractivity contribution in [2.24, 2.45) is 0 Å². The average Bonchev–Trinajstić information content (AvgIpc) is 3.04. The van der Waals surface area contributed by atoms with E-state index in [2.05, 4.69) is 29.2 Å². The topological polar surface area (TPSA) is 27.1 Å². The highest BCUT2D eigenvalue weighted by molar-refractivity contribution is 5.72. The number of hydrogen-bond acceptors (Lipinski definition) is 2. The van der Waals surface area contributed by atoms with E-state index < -0.39 is 0 Å². The Kier molecular flexibility index (Phi) is 2.82. The fourth-order valence-electron chi connectivity index (χ4n) is 2.56. The number of aromatic nitrogens is 2. The Bertz CT molecular complexity index is 775. The summed E-state index contributed by atoms with van der Waals surface area (Å²) in [6, 6.07) is 20.3. The summed E-state index contributed by atoms with van der Waals surface area (Å²) in [4.78, 5) is 4.44. The number of hydrogen-bond donors (Lipinski definition) is 0. The first kappa shape index (κ1) is 12.0. The van der Waals surface area contributed by atoms with Crippen molar-refractivity contribution in [2.75, 3.05) is 0 Å². The number of nitrogens with zero attached hydrogens (tertiary/aromatic N) is 2. The molecule has 0 N–H and O–H groups in total. The second kappa shape index (κ2) is 4.94. The molecule has 1 atom stereocenters. The third kappa shape index (κ3) is 2.13. The van der Waals surface area contributed by atoms with Crippen molar-refractivity contribution in [3.05, 3.63) is 90.0 Å². The summed E-state index contributed by atoms with van der Waals surface area (Å²) in [5.74, 6) is 1.76. The van der Waals surface area contributed by atoms with Crippen molar-refractivity contribution in [1.82, 2.24) is 9.55 Å². The Morgan fingerprint density at radius 2 is 1.62 bits per heavy atom. The Labute approximate surface area is 123 Å². The molecule has 3 heteroatoms. The molecular weight excluding hydrogens is 260 g/mol. The van der Waals surface area contributed by atoms with Crippen molar-refractivity contribution in [2.45, 2.75) is 6.10 Å². The van der Waals surface area contributed by atoms with E-state index in [-0.39, 0.29) is 6.10 Å². The number of imidazole rings is 1. The highest BCUT2D eigenvalue weighted by Gasteiger charge is 2.26. The average molecular weight is 274 g/mol. The Morgan fingerprint density at radius 1 is 0.905 bits per heavy atom. The van der Waals surface area contributed by atoms with E-state index in [4.69, 9.17) is 4.74 Å². The summed E-state index contributed by atoms with van der Waals surface area (Å²) in [6.07, 6.45) is 5.56. The molecule has 1 aromatic heterocycles. The van der Waals surface area contributed by atoms with Crippen LogP contribution in [0.4, 0.5) is 0 Å². The van der Waals surface area contributed by atoms with Crippen molar-refractivity contribution < 1.29 is 4.74 Å². The molecule has 2 heterocycles. The first-order valence-corrected chi connectivity index (χ1v) is 6.93. The summed E-state index contributed by atoms with van der Waals surface area (Å²) in [7, 11) is 0. The molecule has 102 valence electrons. The number of rotatable bonds is 2. The molecule has 3 nitrogen and oxygen atoms in total. The smallest absolute Gasteiger partial charge is 0.182 e. The summed E-state index contributed by atoms with van der Waals surface area (Å²) in [5.41, 5.74) is 2.17. The predicted molar refractivity (Wildman–Crippen MR) is 82.2 cm³/mol. The molecule has 0 aliphatic carbocycles. The maximum absolute atomic E-state index is 6.22. The molecule has 3 aromatic rings. The van der Waals surface area contributed by atoms with Crippen LogP contribution in [0.5, 0.6) is 0 Å². The van der Waals surface area contributed by atoms with E-state index in [1.165, 1.54) is 0 Å². The predicted octanol–water partition coefficient (Wildman–Crippen LogP) is 3.96. The van der Waals surface area contributed by atoms with Gasteiger partial charge >= 0.3 is 0 Å². The Morgan fingerprint density at radius 3 is 2.38 bits per heavy atom. The molecule has 1 aliphatic heterocycles. The second-order valence-electron chi connectivity index (χ2n) is 4.96. The van der Waals surface area contributed by atoms with E-state index in [0.717, 1.165) is 22.7 Å². The van der Waals surface area contributed by atoms with Gasteiger partial charge in [-0.25, -0.2) is 4.98 Å². The summed E-state index contributed by atoms with van der Waals surface area (Å²) >= 11 is 0. The molecule has 21 heavy (non-hydrogen) atoms. The van der Waals surface area contributed by atoms with Crippen LogP contribution in [0.25, 0.3) is 12.0 Å². The van der Waals surface area contributed by atoms with Gasteiger partial charge in [0.05, 0.1) is 6.20 Å². The van der Waals surface area contributed by atoms with Crippen LogP contribution in [0.15, 0.2) is 73.1 Å². The van der Waals surface area contributed by atoms with Gasteiger partial charge in [0.25, 0.3) is 0 Å².